The fraction of sp³-hybridized carbons (Fsp3) is 0.273. The second-order valence-electron chi connectivity index (χ2n) is 2.59. The predicted octanol–water partition coefficient (Wildman–Crippen LogP) is 2.87. The molecule has 0 aromatic heterocycles. The summed E-state index contributed by atoms with van der Waals surface area (Å²) in [5, 5.41) is 0. The van der Waals surface area contributed by atoms with E-state index in [-0.39, 0.29) is 0 Å². The highest BCUT2D eigenvalue weighted by Gasteiger charge is 1.99. The smallest absolute Gasteiger partial charge is 0.161 e. The molecule has 2 nitrogen and oxygen atoms in total. The Morgan fingerprint density at radius 2 is 1.93 bits per heavy atom. The number of methoxy groups -OCH3 is 1. The van der Waals surface area contributed by atoms with Crippen LogP contribution >= 0.6 is 11.6 Å². The van der Waals surface area contributed by atoms with Gasteiger partial charge in [-0.25, -0.2) is 0 Å². The Bertz CT molecular complexity index is 297. The van der Waals surface area contributed by atoms with E-state index in [2.05, 4.69) is 0 Å². The zero-order valence-corrected chi connectivity index (χ0v) is 8.83. The molecule has 76 valence electrons. The van der Waals surface area contributed by atoms with Crippen LogP contribution in [-0.4, -0.2) is 19.6 Å². The van der Waals surface area contributed by atoms with Gasteiger partial charge in [-0.15, -0.1) is 11.6 Å². The summed E-state index contributed by atoms with van der Waals surface area (Å²) in [6.07, 6.45) is 3.72. The van der Waals surface area contributed by atoms with Crippen LogP contribution in [0.1, 0.15) is 0 Å². The first-order chi connectivity index (χ1) is 6.88. The molecule has 3 heteroatoms. The molecule has 0 radical (unpaired) electrons. The van der Waals surface area contributed by atoms with Gasteiger partial charge in [0.15, 0.2) is 11.5 Å². The van der Waals surface area contributed by atoms with Crippen molar-refractivity contribution < 1.29 is 9.47 Å². The Hall–Kier alpha value is -1.15. The van der Waals surface area contributed by atoms with Crippen molar-refractivity contribution in [1.82, 2.24) is 0 Å². The van der Waals surface area contributed by atoms with Crippen molar-refractivity contribution in [3.63, 3.8) is 0 Å². The lowest BCUT2D eigenvalue weighted by Gasteiger charge is -2.07. The molecule has 0 fully saturated rings. The van der Waals surface area contributed by atoms with Crippen LogP contribution in [0.3, 0.4) is 0 Å². The molecule has 0 atom stereocenters. The second kappa shape index (κ2) is 6.33. The number of ether oxygens (including phenoxy) is 2. The zero-order chi connectivity index (χ0) is 10.2. The van der Waals surface area contributed by atoms with Gasteiger partial charge in [0.05, 0.1) is 7.11 Å². The van der Waals surface area contributed by atoms with Gasteiger partial charge in [0.25, 0.3) is 0 Å². The molecule has 0 saturated carbocycles. The Morgan fingerprint density at radius 3 is 2.57 bits per heavy atom. The molecule has 1 aromatic rings. The monoisotopic (exact) mass is 212 g/mol. The van der Waals surface area contributed by atoms with Gasteiger partial charge in [0, 0.05) is 5.88 Å². The average molecular weight is 213 g/mol. The van der Waals surface area contributed by atoms with E-state index in [1.165, 1.54) is 0 Å². The van der Waals surface area contributed by atoms with Crippen molar-refractivity contribution in [3.8, 4) is 11.5 Å². The summed E-state index contributed by atoms with van der Waals surface area (Å²) < 4.78 is 10.6. The second-order valence-corrected chi connectivity index (χ2v) is 2.90. The molecular formula is C11H13ClO2. The van der Waals surface area contributed by atoms with Crippen molar-refractivity contribution in [3.05, 3.63) is 36.4 Å². The van der Waals surface area contributed by atoms with E-state index >= 15 is 0 Å². The minimum Gasteiger partial charge on any atom is -0.493 e. The van der Waals surface area contributed by atoms with Crippen LogP contribution in [0.5, 0.6) is 11.5 Å². The largest absolute Gasteiger partial charge is 0.493 e. The van der Waals surface area contributed by atoms with Gasteiger partial charge in [-0.2, -0.15) is 0 Å². The summed E-state index contributed by atoms with van der Waals surface area (Å²) in [6.45, 7) is 0.507. The number of halogens is 1. The highest BCUT2D eigenvalue weighted by molar-refractivity contribution is 6.18. The minimum atomic E-state index is 0.507. The SMILES string of the molecule is COc1ccccc1OC/C=C\CCl. The molecular weight excluding hydrogens is 200 g/mol. The molecule has 0 unspecified atom stereocenters. The van der Waals surface area contributed by atoms with Crippen molar-refractivity contribution in [2.24, 2.45) is 0 Å². The van der Waals surface area contributed by atoms with Crippen LogP contribution in [0.4, 0.5) is 0 Å². The van der Waals surface area contributed by atoms with Crippen molar-refractivity contribution in [2.75, 3.05) is 19.6 Å². The molecule has 0 heterocycles. The van der Waals surface area contributed by atoms with Crippen LogP contribution in [0.15, 0.2) is 36.4 Å². The minimum absolute atomic E-state index is 0.507. The van der Waals surface area contributed by atoms with Gasteiger partial charge in [-0.3, -0.25) is 0 Å². The van der Waals surface area contributed by atoms with E-state index in [4.69, 9.17) is 21.1 Å². The van der Waals surface area contributed by atoms with E-state index in [0.29, 0.717) is 12.5 Å². The van der Waals surface area contributed by atoms with E-state index in [0.717, 1.165) is 11.5 Å². The standard InChI is InChI=1S/C11H13ClO2/c1-13-10-6-2-3-7-11(10)14-9-5-4-8-12/h2-7H,8-9H2,1H3/b5-4-. The summed E-state index contributed by atoms with van der Waals surface area (Å²) in [4.78, 5) is 0. The fourth-order valence-corrected chi connectivity index (χ4v) is 1.13. The Morgan fingerprint density at radius 1 is 1.21 bits per heavy atom. The van der Waals surface area contributed by atoms with Crippen molar-refractivity contribution >= 4 is 11.6 Å². The van der Waals surface area contributed by atoms with E-state index < -0.39 is 0 Å². The average Bonchev–Trinajstić information content (AvgIpc) is 2.25. The summed E-state index contributed by atoms with van der Waals surface area (Å²) in [7, 11) is 1.62. The van der Waals surface area contributed by atoms with E-state index in [1.54, 1.807) is 7.11 Å². The van der Waals surface area contributed by atoms with E-state index in [1.807, 2.05) is 36.4 Å². The lowest BCUT2D eigenvalue weighted by molar-refractivity contribution is 0.326. The first-order valence-corrected chi connectivity index (χ1v) is 4.88. The molecule has 1 rings (SSSR count). The number of hydrogen-bond donors (Lipinski definition) is 0. The number of allylic oxidation sites excluding steroid dienone is 1. The van der Waals surface area contributed by atoms with Gasteiger partial charge in [0.1, 0.15) is 6.61 Å². The maximum atomic E-state index is 5.47. The topological polar surface area (TPSA) is 18.5 Å². The molecule has 0 spiro atoms. The third kappa shape index (κ3) is 3.30. The first-order valence-electron chi connectivity index (χ1n) is 4.35. The summed E-state index contributed by atoms with van der Waals surface area (Å²) >= 11 is 5.47. The quantitative estimate of drug-likeness (QED) is 0.552. The summed E-state index contributed by atoms with van der Waals surface area (Å²) in [6, 6.07) is 7.54. The predicted molar refractivity (Wildman–Crippen MR) is 58.3 cm³/mol. The van der Waals surface area contributed by atoms with Crippen LogP contribution in [0.25, 0.3) is 0 Å². The number of alkyl halides is 1. The zero-order valence-electron chi connectivity index (χ0n) is 8.07. The fourth-order valence-electron chi connectivity index (χ4n) is 1.01. The van der Waals surface area contributed by atoms with Gasteiger partial charge >= 0.3 is 0 Å². The molecule has 0 aliphatic carbocycles. The first kappa shape index (κ1) is 10.9. The van der Waals surface area contributed by atoms with Crippen LogP contribution in [0, 0.1) is 0 Å². The molecule has 0 aliphatic heterocycles. The third-order valence-corrected chi connectivity index (χ3v) is 1.84. The maximum Gasteiger partial charge on any atom is 0.161 e. The van der Waals surface area contributed by atoms with E-state index in [9.17, 15) is 0 Å². The number of benzene rings is 1. The summed E-state index contributed by atoms with van der Waals surface area (Å²) in [5.41, 5.74) is 0. The normalized spacial score (nSPS) is 10.4. The Labute approximate surface area is 89.1 Å². The van der Waals surface area contributed by atoms with Crippen LogP contribution < -0.4 is 9.47 Å². The summed E-state index contributed by atoms with van der Waals surface area (Å²) in [5.74, 6) is 2.00. The van der Waals surface area contributed by atoms with Gasteiger partial charge in [-0.05, 0) is 12.1 Å². The van der Waals surface area contributed by atoms with Crippen molar-refractivity contribution in [1.29, 1.82) is 0 Å². The number of para-hydroxylation sites is 2. The lowest BCUT2D eigenvalue weighted by atomic mass is 10.3. The van der Waals surface area contributed by atoms with Gasteiger partial charge in [-0.1, -0.05) is 24.3 Å². The Balaban J connectivity index is 2.53. The lowest BCUT2D eigenvalue weighted by Crippen LogP contribution is -1.96. The highest BCUT2D eigenvalue weighted by Crippen LogP contribution is 2.25. The molecule has 0 saturated heterocycles. The maximum absolute atomic E-state index is 5.47. The van der Waals surface area contributed by atoms with Crippen LogP contribution in [-0.2, 0) is 0 Å². The third-order valence-electron chi connectivity index (χ3n) is 1.66. The van der Waals surface area contributed by atoms with Gasteiger partial charge in [0.2, 0.25) is 0 Å². The molecule has 0 N–H and O–H groups in total. The highest BCUT2D eigenvalue weighted by atomic mass is 35.5. The molecule has 14 heavy (non-hydrogen) atoms. The van der Waals surface area contributed by atoms with Crippen molar-refractivity contribution in [2.45, 2.75) is 0 Å². The van der Waals surface area contributed by atoms with Crippen LogP contribution in [0.2, 0.25) is 0 Å². The molecule has 0 aliphatic rings. The van der Waals surface area contributed by atoms with Gasteiger partial charge < -0.3 is 9.47 Å². The number of rotatable bonds is 5. The molecule has 0 amide bonds. The molecule has 1 aromatic carbocycles. The number of hydrogen-bond acceptors (Lipinski definition) is 2. The molecule has 0 bridgehead atoms. The Kier molecular flexibility index (Phi) is 4.94.